The van der Waals surface area contributed by atoms with Gasteiger partial charge in [0.05, 0.1) is 4.99 Å². The van der Waals surface area contributed by atoms with Gasteiger partial charge in [-0.2, -0.15) is 0 Å². The summed E-state index contributed by atoms with van der Waals surface area (Å²) in [7, 11) is 2.14. The summed E-state index contributed by atoms with van der Waals surface area (Å²) in [4.78, 5) is 2.96. The number of thiocarbonyl (C=S) groups is 1. The fourth-order valence-electron chi connectivity index (χ4n) is 1.56. The van der Waals surface area contributed by atoms with E-state index in [9.17, 15) is 0 Å². The van der Waals surface area contributed by atoms with E-state index in [0.717, 1.165) is 12.5 Å². The molecule has 3 heteroatoms. The van der Waals surface area contributed by atoms with Crippen molar-refractivity contribution in [1.82, 2.24) is 4.90 Å². The van der Waals surface area contributed by atoms with E-state index in [4.69, 9.17) is 18.0 Å². The second-order valence-corrected chi connectivity index (χ2v) is 5.19. The summed E-state index contributed by atoms with van der Waals surface area (Å²) in [5.74, 6) is 1.05. The molecule has 0 heterocycles. The largest absolute Gasteiger partial charge is 0.393 e. The lowest BCUT2D eigenvalue weighted by molar-refractivity contribution is 0.217. The number of rotatable bonds is 6. The van der Waals surface area contributed by atoms with Crippen LogP contribution in [0.2, 0.25) is 0 Å². The van der Waals surface area contributed by atoms with Crippen LogP contribution in [0, 0.1) is 11.8 Å². The Bertz CT molecular complexity index is 180. The normalized spacial score (nSPS) is 15.9. The first kappa shape index (κ1) is 13.8. The molecule has 0 aliphatic carbocycles. The zero-order valence-electron chi connectivity index (χ0n) is 10.1. The molecule has 0 spiro atoms. The van der Waals surface area contributed by atoms with Crippen LogP contribution in [0.1, 0.15) is 34.1 Å². The van der Waals surface area contributed by atoms with Gasteiger partial charge in [0, 0.05) is 18.5 Å². The van der Waals surface area contributed by atoms with Crippen molar-refractivity contribution in [2.45, 2.75) is 40.2 Å². The molecule has 0 amide bonds. The number of nitrogens with zero attached hydrogens (tertiary/aromatic N) is 1. The van der Waals surface area contributed by atoms with E-state index in [1.54, 1.807) is 0 Å². The predicted molar refractivity (Wildman–Crippen MR) is 67.5 cm³/mol. The third kappa shape index (κ3) is 5.55. The smallest absolute Gasteiger partial charge is 0.0768 e. The van der Waals surface area contributed by atoms with Gasteiger partial charge in [-0.3, -0.25) is 0 Å². The zero-order valence-corrected chi connectivity index (χ0v) is 10.9. The average molecular weight is 216 g/mol. The van der Waals surface area contributed by atoms with Gasteiger partial charge in [0.25, 0.3) is 0 Å². The van der Waals surface area contributed by atoms with Crippen LogP contribution in [0.4, 0.5) is 0 Å². The Hall–Kier alpha value is -0.150. The molecule has 84 valence electrons. The van der Waals surface area contributed by atoms with Crippen LogP contribution in [0.15, 0.2) is 0 Å². The molecule has 2 unspecified atom stereocenters. The van der Waals surface area contributed by atoms with Gasteiger partial charge in [-0.05, 0) is 26.3 Å². The number of hydrogen-bond donors (Lipinski definition) is 1. The molecule has 0 bridgehead atoms. The van der Waals surface area contributed by atoms with E-state index in [2.05, 4.69) is 39.6 Å². The Morgan fingerprint density at radius 3 is 2.14 bits per heavy atom. The van der Waals surface area contributed by atoms with Crippen LogP contribution in [-0.4, -0.2) is 29.5 Å². The summed E-state index contributed by atoms with van der Waals surface area (Å²) in [6.45, 7) is 9.80. The highest BCUT2D eigenvalue weighted by molar-refractivity contribution is 7.80. The fourth-order valence-corrected chi connectivity index (χ4v) is 1.64. The molecule has 0 aromatic carbocycles. The van der Waals surface area contributed by atoms with Crippen molar-refractivity contribution in [3.63, 3.8) is 0 Å². The van der Waals surface area contributed by atoms with Gasteiger partial charge in [0.1, 0.15) is 0 Å². The molecule has 0 rings (SSSR count). The lowest BCUT2D eigenvalue weighted by Crippen LogP contribution is -2.37. The zero-order chi connectivity index (χ0) is 11.3. The molecule has 0 aliphatic rings. The minimum atomic E-state index is 0.310. The maximum atomic E-state index is 5.59. The highest BCUT2D eigenvalue weighted by Gasteiger charge is 2.14. The lowest BCUT2D eigenvalue weighted by Gasteiger charge is -2.28. The second kappa shape index (κ2) is 6.36. The molecule has 0 aliphatic heterocycles. The van der Waals surface area contributed by atoms with Crippen molar-refractivity contribution in [2.75, 3.05) is 13.6 Å². The van der Waals surface area contributed by atoms with E-state index >= 15 is 0 Å². The van der Waals surface area contributed by atoms with Crippen molar-refractivity contribution in [1.29, 1.82) is 0 Å². The molecule has 2 N–H and O–H groups in total. The van der Waals surface area contributed by atoms with Gasteiger partial charge in [-0.15, -0.1) is 0 Å². The van der Waals surface area contributed by atoms with Crippen LogP contribution in [0.25, 0.3) is 0 Å². The maximum absolute atomic E-state index is 5.59. The molecule has 0 aromatic rings. The van der Waals surface area contributed by atoms with E-state index in [0.29, 0.717) is 16.9 Å². The molecular weight excluding hydrogens is 192 g/mol. The molecule has 2 atom stereocenters. The standard InChI is InChI=1S/C11H24N2S/c1-8(2)6-10(4)13(5)7-9(3)11(12)14/h8-10H,6-7H2,1-5H3,(H2,12,14). The van der Waals surface area contributed by atoms with Crippen LogP contribution >= 0.6 is 12.2 Å². The number of hydrogen-bond acceptors (Lipinski definition) is 2. The minimum Gasteiger partial charge on any atom is -0.393 e. The maximum Gasteiger partial charge on any atom is 0.0768 e. The van der Waals surface area contributed by atoms with Gasteiger partial charge >= 0.3 is 0 Å². The summed E-state index contributed by atoms with van der Waals surface area (Å²) < 4.78 is 0. The molecule has 2 nitrogen and oxygen atoms in total. The third-order valence-electron chi connectivity index (χ3n) is 2.61. The van der Waals surface area contributed by atoms with Crippen molar-refractivity contribution in [3.05, 3.63) is 0 Å². The predicted octanol–water partition coefficient (Wildman–Crippen LogP) is 2.27. The average Bonchev–Trinajstić information content (AvgIpc) is 2.02. The summed E-state index contributed by atoms with van der Waals surface area (Å²) in [6, 6.07) is 0.604. The number of nitrogens with two attached hydrogens (primary N) is 1. The SMILES string of the molecule is CC(C)CC(C)N(C)CC(C)C(N)=S. The van der Waals surface area contributed by atoms with Crippen molar-refractivity contribution < 1.29 is 0 Å². The van der Waals surface area contributed by atoms with Gasteiger partial charge in [0.15, 0.2) is 0 Å². The molecule has 0 saturated carbocycles. The quantitative estimate of drug-likeness (QED) is 0.691. The van der Waals surface area contributed by atoms with Crippen LogP contribution in [-0.2, 0) is 0 Å². The van der Waals surface area contributed by atoms with Crippen molar-refractivity contribution in [2.24, 2.45) is 17.6 Å². The Balaban J connectivity index is 3.94. The summed E-state index contributed by atoms with van der Waals surface area (Å²) in [6.07, 6.45) is 1.22. The monoisotopic (exact) mass is 216 g/mol. The summed E-state index contributed by atoms with van der Waals surface area (Å²) in [5.41, 5.74) is 5.59. The summed E-state index contributed by atoms with van der Waals surface area (Å²) in [5, 5.41) is 0. The van der Waals surface area contributed by atoms with Gasteiger partial charge < -0.3 is 10.6 Å². The fraction of sp³-hybridized carbons (Fsp3) is 0.909. The van der Waals surface area contributed by atoms with Crippen molar-refractivity contribution >= 4 is 17.2 Å². The summed E-state index contributed by atoms with van der Waals surface area (Å²) >= 11 is 4.96. The highest BCUT2D eigenvalue weighted by Crippen LogP contribution is 2.11. The Morgan fingerprint density at radius 2 is 1.79 bits per heavy atom. The molecule has 0 radical (unpaired) electrons. The Kier molecular flexibility index (Phi) is 6.29. The lowest BCUT2D eigenvalue weighted by atomic mass is 10.0. The molecule has 0 saturated heterocycles. The van der Waals surface area contributed by atoms with E-state index in [1.807, 2.05) is 0 Å². The first-order chi connectivity index (χ1) is 6.34. The second-order valence-electron chi connectivity index (χ2n) is 4.72. The van der Waals surface area contributed by atoms with Crippen LogP contribution in [0.5, 0.6) is 0 Å². The third-order valence-corrected chi connectivity index (χ3v) is 3.01. The van der Waals surface area contributed by atoms with E-state index < -0.39 is 0 Å². The first-order valence-electron chi connectivity index (χ1n) is 5.34. The highest BCUT2D eigenvalue weighted by atomic mass is 32.1. The molecule has 14 heavy (non-hydrogen) atoms. The van der Waals surface area contributed by atoms with E-state index in [1.165, 1.54) is 6.42 Å². The van der Waals surface area contributed by atoms with Gasteiger partial charge in [0.2, 0.25) is 0 Å². The minimum absolute atomic E-state index is 0.310. The molecule has 0 aromatic heterocycles. The topological polar surface area (TPSA) is 29.3 Å². The molecular formula is C11H24N2S. The van der Waals surface area contributed by atoms with Gasteiger partial charge in [-0.1, -0.05) is 33.0 Å². The first-order valence-corrected chi connectivity index (χ1v) is 5.75. The Morgan fingerprint density at radius 1 is 1.29 bits per heavy atom. The van der Waals surface area contributed by atoms with Crippen LogP contribution < -0.4 is 5.73 Å². The van der Waals surface area contributed by atoms with Crippen LogP contribution in [0.3, 0.4) is 0 Å². The Labute approximate surface area is 93.8 Å². The van der Waals surface area contributed by atoms with Gasteiger partial charge in [-0.25, -0.2) is 0 Å². The van der Waals surface area contributed by atoms with E-state index in [-0.39, 0.29) is 0 Å². The van der Waals surface area contributed by atoms with Crippen molar-refractivity contribution in [3.8, 4) is 0 Å². The molecule has 0 fully saturated rings.